The molecule has 1 atom stereocenters. The van der Waals surface area contributed by atoms with Crippen LogP contribution in [0.1, 0.15) is 6.04 Å². The molecule has 1 aliphatic heterocycles. The van der Waals surface area contributed by atoms with Crippen molar-refractivity contribution < 1.29 is 8.42 Å². The summed E-state index contributed by atoms with van der Waals surface area (Å²) in [5, 5.41) is 0.930. The lowest BCUT2D eigenvalue weighted by molar-refractivity contribution is 0.563. The number of sulfone groups is 1. The zero-order valence-corrected chi connectivity index (χ0v) is 11.0. The van der Waals surface area contributed by atoms with Crippen molar-refractivity contribution in [1.29, 1.82) is 0 Å². The maximum atomic E-state index is 11.4. The molecule has 6 heteroatoms. The van der Waals surface area contributed by atoms with Crippen LogP contribution in [0.2, 0.25) is 0 Å². The van der Waals surface area contributed by atoms with Crippen LogP contribution in [-0.2, 0) is 9.84 Å². The molecule has 17 heavy (non-hydrogen) atoms. The van der Waals surface area contributed by atoms with E-state index >= 15 is 0 Å². The van der Waals surface area contributed by atoms with E-state index in [9.17, 15) is 8.42 Å². The van der Waals surface area contributed by atoms with Gasteiger partial charge in [-0.05, 0) is 12.1 Å². The molecule has 0 spiro atoms. The Morgan fingerprint density at radius 3 is 3.00 bits per heavy atom. The quantitative estimate of drug-likeness (QED) is 0.832. The fourth-order valence-electron chi connectivity index (χ4n) is 2.19. The smallest absolute Gasteiger partial charge is 0.169 e. The highest BCUT2D eigenvalue weighted by atomic mass is 32.2. The number of benzene rings is 1. The normalized spacial score (nSPS) is 19.7. The van der Waals surface area contributed by atoms with Crippen LogP contribution in [0.25, 0.3) is 11.0 Å². The van der Waals surface area contributed by atoms with Crippen LogP contribution in [0.15, 0.2) is 29.4 Å². The average molecular weight is 268 g/mol. The van der Waals surface area contributed by atoms with Gasteiger partial charge in [-0.3, -0.25) is 0 Å². The van der Waals surface area contributed by atoms with Crippen molar-refractivity contribution in [2.24, 2.45) is 0 Å². The first-order chi connectivity index (χ1) is 8.04. The van der Waals surface area contributed by atoms with E-state index in [1.165, 1.54) is 6.26 Å². The van der Waals surface area contributed by atoms with E-state index in [4.69, 9.17) is 0 Å². The van der Waals surface area contributed by atoms with Crippen molar-refractivity contribution in [2.45, 2.75) is 11.2 Å². The Balaban J connectivity index is 2.12. The van der Waals surface area contributed by atoms with E-state index in [0.29, 0.717) is 0 Å². The van der Waals surface area contributed by atoms with E-state index in [2.05, 4.69) is 9.55 Å². The first-order valence-electron chi connectivity index (χ1n) is 5.32. The molecule has 0 unspecified atom stereocenters. The maximum absolute atomic E-state index is 11.4. The van der Waals surface area contributed by atoms with E-state index in [-0.39, 0.29) is 11.8 Å². The Morgan fingerprint density at radius 2 is 2.24 bits per heavy atom. The van der Waals surface area contributed by atoms with Crippen molar-refractivity contribution >= 4 is 32.6 Å². The molecule has 2 aromatic rings. The summed E-state index contributed by atoms with van der Waals surface area (Å²) in [6, 6.07) is 7.86. The van der Waals surface area contributed by atoms with Crippen LogP contribution in [0.3, 0.4) is 0 Å². The van der Waals surface area contributed by atoms with Gasteiger partial charge in [0.2, 0.25) is 0 Å². The highest BCUT2D eigenvalue weighted by Crippen LogP contribution is 2.37. The molecule has 0 amide bonds. The minimum atomic E-state index is -2.96. The summed E-state index contributed by atoms with van der Waals surface area (Å²) in [7, 11) is -2.96. The SMILES string of the molecule is CS(=O)(=O)C[C@H]1CSc2nc3ccccc3n21. The van der Waals surface area contributed by atoms with Crippen LogP contribution in [0.5, 0.6) is 0 Å². The Hall–Kier alpha value is -1.01. The minimum Gasteiger partial charge on any atom is -0.314 e. The molecule has 0 saturated heterocycles. The number of rotatable bonds is 2. The monoisotopic (exact) mass is 268 g/mol. The van der Waals surface area contributed by atoms with Gasteiger partial charge in [0.1, 0.15) is 9.84 Å². The van der Waals surface area contributed by atoms with Crippen LogP contribution >= 0.6 is 11.8 Å². The van der Waals surface area contributed by atoms with Gasteiger partial charge in [0, 0.05) is 12.0 Å². The lowest BCUT2D eigenvalue weighted by Crippen LogP contribution is -2.17. The van der Waals surface area contributed by atoms with Gasteiger partial charge in [-0.2, -0.15) is 0 Å². The molecule has 1 aromatic heterocycles. The predicted octanol–water partition coefficient (Wildman–Crippen LogP) is 1.73. The Morgan fingerprint density at radius 1 is 1.47 bits per heavy atom. The topological polar surface area (TPSA) is 52.0 Å². The molecule has 2 heterocycles. The van der Waals surface area contributed by atoms with Crippen molar-refractivity contribution in [3.8, 4) is 0 Å². The molecule has 4 nitrogen and oxygen atoms in total. The molecule has 0 bridgehead atoms. The van der Waals surface area contributed by atoms with Gasteiger partial charge in [0.15, 0.2) is 5.16 Å². The number of imidazole rings is 1. The number of nitrogens with zero attached hydrogens (tertiary/aromatic N) is 2. The molecule has 0 aliphatic carbocycles. The van der Waals surface area contributed by atoms with Crippen molar-refractivity contribution in [3.63, 3.8) is 0 Å². The highest BCUT2D eigenvalue weighted by Gasteiger charge is 2.28. The number of aromatic nitrogens is 2. The lowest BCUT2D eigenvalue weighted by atomic mass is 10.3. The maximum Gasteiger partial charge on any atom is 0.169 e. The Kier molecular flexibility index (Phi) is 2.45. The number of para-hydroxylation sites is 2. The number of fused-ring (bicyclic) bond motifs is 3. The van der Waals surface area contributed by atoms with E-state index in [1.54, 1.807) is 11.8 Å². The summed E-state index contributed by atoms with van der Waals surface area (Å²) in [4.78, 5) is 4.50. The first kappa shape index (κ1) is 11.1. The van der Waals surface area contributed by atoms with Crippen molar-refractivity contribution in [3.05, 3.63) is 24.3 Å². The van der Waals surface area contributed by atoms with Gasteiger partial charge in [-0.25, -0.2) is 13.4 Å². The Labute approximate surface area is 104 Å². The van der Waals surface area contributed by atoms with Crippen LogP contribution < -0.4 is 0 Å². The average Bonchev–Trinajstić information content (AvgIpc) is 2.76. The predicted molar refractivity (Wildman–Crippen MR) is 69.2 cm³/mol. The van der Waals surface area contributed by atoms with Gasteiger partial charge >= 0.3 is 0 Å². The third-order valence-electron chi connectivity index (χ3n) is 2.83. The molecule has 1 aliphatic rings. The molecule has 0 N–H and O–H groups in total. The van der Waals surface area contributed by atoms with E-state index < -0.39 is 9.84 Å². The van der Waals surface area contributed by atoms with Crippen molar-refractivity contribution in [2.75, 3.05) is 17.8 Å². The summed E-state index contributed by atoms with van der Waals surface area (Å²) >= 11 is 1.63. The first-order valence-corrected chi connectivity index (χ1v) is 8.37. The molecule has 0 saturated carbocycles. The Bertz CT molecular complexity index is 676. The van der Waals surface area contributed by atoms with Gasteiger partial charge in [-0.1, -0.05) is 23.9 Å². The van der Waals surface area contributed by atoms with Crippen LogP contribution in [0, 0.1) is 0 Å². The van der Waals surface area contributed by atoms with Gasteiger partial charge in [0.25, 0.3) is 0 Å². The van der Waals surface area contributed by atoms with Gasteiger partial charge < -0.3 is 4.57 Å². The summed E-state index contributed by atoms with van der Waals surface area (Å²) < 4.78 is 24.9. The minimum absolute atomic E-state index is 0.0115. The van der Waals surface area contributed by atoms with Gasteiger partial charge in [-0.15, -0.1) is 0 Å². The highest BCUT2D eigenvalue weighted by molar-refractivity contribution is 7.99. The zero-order chi connectivity index (χ0) is 12.0. The zero-order valence-electron chi connectivity index (χ0n) is 9.33. The summed E-state index contributed by atoms with van der Waals surface area (Å²) in [6.45, 7) is 0. The molecular formula is C11H12N2O2S2. The second kappa shape index (κ2) is 3.74. The third kappa shape index (κ3) is 1.95. The number of hydrogen-bond donors (Lipinski definition) is 0. The summed E-state index contributed by atoms with van der Waals surface area (Å²) in [5.41, 5.74) is 1.97. The second-order valence-electron chi connectivity index (χ2n) is 4.31. The lowest BCUT2D eigenvalue weighted by Gasteiger charge is -2.11. The standard InChI is InChI=1S/C11H12N2O2S2/c1-17(14,15)7-8-6-16-11-12-9-4-2-3-5-10(9)13(8)11/h2-5,8H,6-7H2,1H3/t8-/m1/s1. The fourth-order valence-corrected chi connectivity index (χ4v) is 4.47. The molecule has 0 radical (unpaired) electrons. The third-order valence-corrected chi connectivity index (χ3v) is 4.92. The van der Waals surface area contributed by atoms with E-state index in [1.807, 2.05) is 24.3 Å². The number of hydrogen-bond acceptors (Lipinski definition) is 4. The van der Waals surface area contributed by atoms with Crippen molar-refractivity contribution in [1.82, 2.24) is 9.55 Å². The molecule has 90 valence electrons. The van der Waals surface area contributed by atoms with E-state index in [0.717, 1.165) is 21.9 Å². The molecular weight excluding hydrogens is 256 g/mol. The second-order valence-corrected chi connectivity index (χ2v) is 7.48. The summed E-state index contributed by atoms with van der Waals surface area (Å²) in [5.74, 6) is 0.980. The van der Waals surface area contributed by atoms with Crippen LogP contribution in [-0.4, -0.2) is 35.7 Å². The number of thioether (sulfide) groups is 1. The largest absolute Gasteiger partial charge is 0.314 e. The molecule has 3 rings (SSSR count). The summed E-state index contributed by atoms with van der Waals surface area (Å²) in [6.07, 6.45) is 1.29. The fraction of sp³-hybridized carbons (Fsp3) is 0.364. The molecule has 1 aromatic carbocycles. The van der Waals surface area contributed by atoms with Gasteiger partial charge in [0.05, 0.1) is 22.8 Å². The van der Waals surface area contributed by atoms with Crippen LogP contribution in [0.4, 0.5) is 0 Å². The molecule has 0 fully saturated rings.